The standard InChI is InChI=1S/C23H25N7O4S2/c1-2-20-25-26-23(36-15-16-6-4-3-5-7-16)29(20)27-22(35)24-21(31)17-8-9-18(19(14-17)30(32)33)28-10-12-34-13-11-28/h3-9,14H,2,10-13,15H2,1H3,(H2,24,27,31,35). The molecule has 1 amide bonds. The second-order valence-electron chi connectivity index (χ2n) is 7.82. The van der Waals surface area contributed by atoms with Gasteiger partial charge < -0.3 is 9.64 Å². The van der Waals surface area contributed by atoms with Crippen molar-refractivity contribution in [3.63, 3.8) is 0 Å². The number of morpholine rings is 1. The third-order valence-corrected chi connectivity index (χ3v) is 6.65. The summed E-state index contributed by atoms with van der Waals surface area (Å²) < 4.78 is 6.96. The van der Waals surface area contributed by atoms with E-state index in [1.54, 1.807) is 16.8 Å². The van der Waals surface area contributed by atoms with Crippen LogP contribution < -0.4 is 15.6 Å². The zero-order chi connectivity index (χ0) is 25.5. The maximum atomic E-state index is 12.9. The highest BCUT2D eigenvalue weighted by atomic mass is 32.2. The van der Waals surface area contributed by atoms with Gasteiger partial charge in [-0.15, -0.1) is 10.2 Å². The minimum absolute atomic E-state index is 0.0240. The lowest BCUT2D eigenvalue weighted by atomic mass is 10.1. The fraction of sp³-hybridized carbons (Fsp3) is 0.304. The highest BCUT2D eigenvalue weighted by Crippen LogP contribution is 2.30. The lowest BCUT2D eigenvalue weighted by Gasteiger charge is -2.28. The number of amides is 1. The maximum absolute atomic E-state index is 12.9. The van der Waals surface area contributed by atoms with Gasteiger partial charge in [0.05, 0.1) is 18.1 Å². The van der Waals surface area contributed by atoms with E-state index in [2.05, 4.69) is 20.9 Å². The van der Waals surface area contributed by atoms with Gasteiger partial charge in [-0.25, -0.2) is 4.68 Å². The number of carbonyl (C=O) groups is 1. The molecule has 3 aromatic rings. The second-order valence-corrected chi connectivity index (χ2v) is 9.17. The molecule has 0 unspecified atom stereocenters. The number of rotatable bonds is 8. The zero-order valence-corrected chi connectivity index (χ0v) is 21.2. The fourth-order valence-corrected chi connectivity index (χ4v) is 4.70. The Morgan fingerprint density at radius 2 is 1.94 bits per heavy atom. The van der Waals surface area contributed by atoms with Crippen LogP contribution in [0.2, 0.25) is 0 Å². The average molecular weight is 528 g/mol. The van der Waals surface area contributed by atoms with Crippen LogP contribution in [-0.2, 0) is 16.9 Å². The maximum Gasteiger partial charge on any atom is 0.293 e. The second kappa shape index (κ2) is 11.9. The van der Waals surface area contributed by atoms with Crippen molar-refractivity contribution in [1.29, 1.82) is 0 Å². The van der Waals surface area contributed by atoms with Gasteiger partial charge >= 0.3 is 0 Å². The lowest BCUT2D eigenvalue weighted by molar-refractivity contribution is -0.384. The Morgan fingerprint density at radius 3 is 2.64 bits per heavy atom. The number of anilines is 1. The molecule has 0 radical (unpaired) electrons. The van der Waals surface area contributed by atoms with E-state index in [-0.39, 0.29) is 16.4 Å². The van der Waals surface area contributed by atoms with E-state index in [4.69, 9.17) is 17.0 Å². The van der Waals surface area contributed by atoms with Crippen LogP contribution >= 0.6 is 24.0 Å². The third-order valence-electron chi connectivity index (χ3n) is 5.45. The first kappa shape index (κ1) is 25.5. The smallest absolute Gasteiger partial charge is 0.293 e. The van der Waals surface area contributed by atoms with Gasteiger partial charge in [-0.05, 0) is 29.9 Å². The predicted octanol–water partition coefficient (Wildman–Crippen LogP) is 3.14. The summed E-state index contributed by atoms with van der Waals surface area (Å²) >= 11 is 6.83. The number of thioether (sulfide) groups is 1. The first-order valence-electron chi connectivity index (χ1n) is 11.3. The molecule has 1 fully saturated rings. The molecule has 0 saturated carbocycles. The molecule has 0 bridgehead atoms. The number of nitrogens with one attached hydrogen (secondary N) is 2. The van der Waals surface area contributed by atoms with Gasteiger partial charge in [0.25, 0.3) is 11.6 Å². The molecule has 2 heterocycles. The predicted molar refractivity (Wildman–Crippen MR) is 141 cm³/mol. The van der Waals surface area contributed by atoms with Gasteiger partial charge in [-0.3, -0.25) is 25.7 Å². The SMILES string of the molecule is CCc1nnc(SCc2ccccc2)n1NC(=S)NC(=O)c1ccc(N2CCOCC2)c([N+](=O)[O-])c1. The number of nitrogens with zero attached hydrogens (tertiary/aromatic N) is 5. The summed E-state index contributed by atoms with van der Waals surface area (Å²) in [6, 6.07) is 14.3. The topological polar surface area (TPSA) is 127 Å². The van der Waals surface area contributed by atoms with Crippen LogP contribution in [-0.4, -0.2) is 57.1 Å². The van der Waals surface area contributed by atoms with Crippen LogP contribution in [0.4, 0.5) is 11.4 Å². The van der Waals surface area contributed by atoms with Gasteiger partial charge in [0.2, 0.25) is 5.16 Å². The van der Waals surface area contributed by atoms with Crippen LogP contribution in [0.3, 0.4) is 0 Å². The molecule has 13 heteroatoms. The molecule has 0 aliphatic carbocycles. The van der Waals surface area contributed by atoms with Crippen molar-refractivity contribution < 1.29 is 14.5 Å². The highest BCUT2D eigenvalue weighted by molar-refractivity contribution is 7.98. The number of nitro groups is 1. The monoisotopic (exact) mass is 527 g/mol. The summed E-state index contributed by atoms with van der Waals surface area (Å²) in [5.74, 6) is 0.768. The van der Waals surface area contributed by atoms with Gasteiger partial charge in [0, 0.05) is 36.9 Å². The zero-order valence-electron chi connectivity index (χ0n) is 19.5. The number of hydrogen-bond acceptors (Lipinski definition) is 9. The van der Waals surface area contributed by atoms with Crippen molar-refractivity contribution >= 4 is 46.4 Å². The minimum Gasteiger partial charge on any atom is -0.378 e. The summed E-state index contributed by atoms with van der Waals surface area (Å²) in [6.45, 7) is 4.01. The number of aromatic nitrogens is 3. The normalized spacial score (nSPS) is 13.3. The van der Waals surface area contributed by atoms with E-state index in [1.165, 1.54) is 17.8 Å². The van der Waals surface area contributed by atoms with E-state index in [0.717, 1.165) is 5.56 Å². The number of ether oxygens (including phenoxy) is 1. The van der Waals surface area contributed by atoms with Crippen LogP contribution in [0.1, 0.15) is 28.7 Å². The van der Waals surface area contributed by atoms with Gasteiger partial charge in [0.1, 0.15) is 5.69 Å². The molecule has 2 N–H and O–H groups in total. The first-order chi connectivity index (χ1) is 17.5. The van der Waals surface area contributed by atoms with E-state index in [0.29, 0.717) is 55.1 Å². The van der Waals surface area contributed by atoms with Crippen molar-refractivity contribution in [1.82, 2.24) is 20.2 Å². The number of aryl methyl sites for hydroxylation is 1. The Hall–Kier alpha value is -3.55. The molecule has 0 atom stereocenters. The number of carbonyl (C=O) groups excluding carboxylic acids is 1. The molecule has 1 aromatic heterocycles. The number of hydrogen-bond donors (Lipinski definition) is 2. The number of benzene rings is 2. The van der Waals surface area contributed by atoms with E-state index < -0.39 is 10.8 Å². The van der Waals surface area contributed by atoms with Crippen LogP contribution in [0.15, 0.2) is 53.7 Å². The quantitative estimate of drug-likeness (QED) is 0.195. The molecular weight excluding hydrogens is 502 g/mol. The average Bonchev–Trinajstić information content (AvgIpc) is 3.29. The Kier molecular flexibility index (Phi) is 8.46. The number of nitro benzene ring substituents is 1. The largest absolute Gasteiger partial charge is 0.378 e. The molecule has 1 aliphatic rings. The van der Waals surface area contributed by atoms with Gasteiger partial charge in [-0.1, -0.05) is 49.0 Å². The summed E-state index contributed by atoms with van der Waals surface area (Å²) in [5.41, 5.74) is 4.53. The first-order valence-corrected chi connectivity index (χ1v) is 12.7. The molecule has 36 heavy (non-hydrogen) atoms. The molecule has 1 saturated heterocycles. The van der Waals surface area contributed by atoms with Crippen LogP contribution in [0.25, 0.3) is 0 Å². The van der Waals surface area contributed by atoms with Gasteiger partial charge in [0.15, 0.2) is 10.9 Å². The summed E-state index contributed by atoms with van der Waals surface area (Å²) in [7, 11) is 0. The van der Waals surface area contributed by atoms with Crippen LogP contribution in [0, 0.1) is 10.1 Å². The summed E-state index contributed by atoms with van der Waals surface area (Å²) in [6.07, 6.45) is 0.595. The fourth-order valence-electron chi connectivity index (χ4n) is 3.64. The Bertz CT molecular complexity index is 1250. The lowest BCUT2D eigenvalue weighted by Crippen LogP contribution is -2.39. The Balaban J connectivity index is 1.44. The van der Waals surface area contributed by atoms with Gasteiger partial charge in [-0.2, -0.15) is 0 Å². The van der Waals surface area contributed by atoms with E-state index >= 15 is 0 Å². The summed E-state index contributed by atoms with van der Waals surface area (Å²) in [5, 5.41) is 23.3. The van der Waals surface area contributed by atoms with Crippen molar-refractivity contribution in [2.24, 2.45) is 0 Å². The minimum atomic E-state index is -0.561. The highest BCUT2D eigenvalue weighted by Gasteiger charge is 2.24. The number of thiocarbonyl (C=S) groups is 1. The molecule has 4 rings (SSSR count). The molecule has 0 spiro atoms. The third kappa shape index (κ3) is 6.17. The molecule has 188 valence electrons. The van der Waals surface area contributed by atoms with E-state index in [1.807, 2.05) is 42.2 Å². The van der Waals surface area contributed by atoms with Crippen molar-refractivity contribution in [3.8, 4) is 0 Å². The Morgan fingerprint density at radius 1 is 1.19 bits per heavy atom. The van der Waals surface area contributed by atoms with E-state index in [9.17, 15) is 14.9 Å². The molecule has 11 nitrogen and oxygen atoms in total. The van der Waals surface area contributed by atoms with Crippen molar-refractivity contribution in [3.05, 3.63) is 75.6 Å². The summed E-state index contributed by atoms with van der Waals surface area (Å²) in [4.78, 5) is 25.9. The molecule has 2 aromatic carbocycles. The van der Waals surface area contributed by atoms with Crippen molar-refractivity contribution in [2.75, 3.05) is 36.6 Å². The van der Waals surface area contributed by atoms with Crippen LogP contribution in [0.5, 0.6) is 0 Å². The van der Waals surface area contributed by atoms with Crippen molar-refractivity contribution in [2.45, 2.75) is 24.3 Å². The molecular formula is C23H25N7O4S2. The Labute approximate surface area is 217 Å². The molecule has 1 aliphatic heterocycles.